The minimum absolute atomic E-state index is 0.00900. The number of aryl methyl sites for hydroxylation is 2. The SMILES string of the molecule is CCOC(=O)C1CCN(c2nnc(CC)c(CC)n2)CC1. The fourth-order valence-corrected chi connectivity index (χ4v) is 2.64. The lowest BCUT2D eigenvalue weighted by Gasteiger charge is -2.30. The van der Waals surface area contributed by atoms with Crippen molar-refractivity contribution < 1.29 is 9.53 Å². The van der Waals surface area contributed by atoms with E-state index in [1.165, 1.54) is 0 Å². The number of anilines is 1. The molecule has 116 valence electrons. The highest BCUT2D eigenvalue weighted by atomic mass is 16.5. The predicted molar refractivity (Wildman–Crippen MR) is 80.2 cm³/mol. The number of piperidine rings is 1. The number of carbonyl (C=O) groups excluding carboxylic acids is 1. The minimum atomic E-state index is -0.0771. The Bertz CT molecular complexity index is 485. The summed E-state index contributed by atoms with van der Waals surface area (Å²) in [6.45, 7) is 7.99. The van der Waals surface area contributed by atoms with Gasteiger partial charge in [0.2, 0.25) is 5.95 Å². The maximum absolute atomic E-state index is 11.7. The summed E-state index contributed by atoms with van der Waals surface area (Å²) >= 11 is 0. The molecule has 0 atom stereocenters. The molecular weight excluding hydrogens is 268 g/mol. The summed E-state index contributed by atoms with van der Waals surface area (Å²) in [7, 11) is 0. The third kappa shape index (κ3) is 3.68. The number of esters is 1. The summed E-state index contributed by atoms with van der Waals surface area (Å²) in [6, 6.07) is 0. The summed E-state index contributed by atoms with van der Waals surface area (Å²) in [6.07, 6.45) is 3.30. The van der Waals surface area contributed by atoms with E-state index in [0.717, 1.165) is 50.2 Å². The van der Waals surface area contributed by atoms with Gasteiger partial charge >= 0.3 is 5.97 Å². The Balaban J connectivity index is 2.00. The Morgan fingerprint density at radius 1 is 1.14 bits per heavy atom. The lowest BCUT2D eigenvalue weighted by Crippen LogP contribution is -2.38. The van der Waals surface area contributed by atoms with Crippen LogP contribution in [-0.4, -0.2) is 40.8 Å². The first kappa shape index (κ1) is 15.7. The van der Waals surface area contributed by atoms with Crippen molar-refractivity contribution in [2.24, 2.45) is 5.92 Å². The average molecular weight is 292 g/mol. The van der Waals surface area contributed by atoms with Crippen molar-refractivity contribution in [3.63, 3.8) is 0 Å². The zero-order valence-corrected chi connectivity index (χ0v) is 13.1. The molecular formula is C15H24N4O2. The number of aromatic nitrogens is 3. The molecule has 0 bridgehead atoms. The normalized spacial score (nSPS) is 16.0. The highest BCUT2D eigenvalue weighted by Crippen LogP contribution is 2.22. The second kappa shape index (κ2) is 7.33. The van der Waals surface area contributed by atoms with Crippen molar-refractivity contribution in [2.75, 3.05) is 24.6 Å². The number of rotatable bonds is 5. The Morgan fingerprint density at radius 3 is 2.38 bits per heavy atom. The molecule has 0 aromatic carbocycles. The van der Waals surface area contributed by atoms with Crippen molar-refractivity contribution in [3.05, 3.63) is 11.4 Å². The van der Waals surface area contributed by atoms with Gasteiger partial charge in [-0.25, -0.2) is 4.98 Å². The second-order valence-corrected chi connectivity index (χ2v) is 5.23. The molecule has 6 heteroatoms. The smallest absolute Gasteiger partial charge is 0.309 e. The van der Waals surface area contributed by atoms with Gasteiger partial charge in [0.25, 0.3) is 0 Å². The largest absolute Gasteiger partial charge is 0.466 e. The molecule has 0 unspecified atom stereocenters. The molecule has 1 aliphatic rings. The first-order valence-electron chi connectivity index (χ1n) is 7.83. The van der Waals surface area contributed by atoms with E-state index >= 15 is 0 Å². The van der Waals surface area contributed by atoms with Crippen LogP contribution in [0.15, 0.2) is 0 Å². The van der Waals surface area contributed by atoms with Crippen LogP contribution in [0.4, 0.5) is 5.95 Å². The average Bonchev–Trinajstić information content (AvgIpc) is 2.54. The van der Waals surface area contributed by atoms with Gasteiger partial charge in [-0.1, -0.05) is 13.8 Å². The molecule has 21 heavy (non-hydrogen) atoms. The predicted octanol–water partition coefficient (Wildman–Crippen LogP) is 1.78. The molecule has 1 aliphatic heterocycles. The number of hydrogen-bond donors (Lipinski definition) is 0. The first-order valence-corrected chi connectivity index (χ1v) is 7.83. The lowest BCUT2D eigenvalue weighted by atomic mass is 9.97. The topological polar surface area (TPSA) is 68.2 Å². The van der Waals surface area contributed by atoms with Gasteiger partial charge in [-0.15, -0.1) is 5.10 Å². The Kier molecular flexibility index (Phi) is 5.47. The highest BCUT2D eigenvalue weighted by molar-refractivity contribution is 5.72. The van der Waals surface area contributed by atoms with Gasteiger partial charge in [0.15, 0.2) is 0 Å². The first-order chi connectivity index (χ1) is 10.2. The maximum atomic E-state index is 11.7. The van der Waals surface area contributed by atoms with Crippen LogP contribution >= 0.6 is 0 Å². The number of nitrogens with zero attached hydrogens (tertiary/aromatic N) is 4. The summed E-state index contributed by atoms with van der Waals surface area (Å²) in [5, 5.41) is 8.52. The van der Waals surface area contributed by atoms with Crippen LogP contribution in [0, 0.1) is 5.92 Å². The van der Waals surface area contributed by atoms with Gasteiger partial charge in [-0.3, -0.25) is 4.79 Å². The molecule has 1 fully saturated rings. The van der Waals surface area contributed by atoms with Crippen molar-refractivity contribution >= 4 is 11.9 Å². The zero-order valence-electron chi connectivity index (χ0n) is 13.1. The third-order valence-corrected chi connectivity index (χ3v) is 3.90. The van der Waals surface area contributed by atoms with E-state index in [1.807, 2.05) is 6.92 Å². The van der Waals surface area contributed by atoms with Crippen molar-refractivity contribution in [1.82, 2.24) is 15.2 Å². The molecule has 0 N–H and O–H groups in total. The van der Waals surface area contributed by atoms with Crippen LogP contribution in [0.2, 0.25) is 0 Å². The second-order valence-electron chi connectivity index (χ2n) is 5.23. The van der Waals surface area contributed by atoms with Crippen LogP contribution in [0.5, 0.6) is 0 Å². The Morgan fingerprint density at radius 2 is 1.81 bits per heavy atom. The van der Waals surface area contributed by atoms with E-state index in [1.54, 1.807) is 0 Å². The molecule has 0 radical (unpaired) electrons. The van der Waals surface area contributed by atoms with Gasteiger partial charge in [0.05, 0.1) is 23.9 Å². The highest BCUT2D eigenvalue weighted by Gasteiger charge is 2.27. The van der Waals surface area contributed by atoms with Crippen LogP contribution in [-0.2, 0) is 22.4 Å². The van der Waals surface area contributed by atoms with E-state index in [9.17, 15) is 4.79 Å². The van der Waals surface area contributed by atoms with E-state index in [2.05, 4.69) is 33.9 Å². The molecule has 1 saturated heterocycles. The van der Waals surface area contributed by atoms with Crippen molar-refractivity contribution in [2.45, 2.75) is 46.5 Å². The summed E-state index contributed by atoms with van der Waals surface area (Å²) < 4.78 is 5.09. The van der Waals surface area contributed by atoms with Gasteiger partial charge in [-0.2, -0.15) is 5.10 Å². The Labute approximate surface area is 125 Å². The number of carbonyl (C=O) groups is 1. The quantitative estimate of drug-likeness (QED) is 0.771. The van der Waals surface area contributed by atoms with Crippen LogP contribution in [0.1, 0.15) is 45.0 Å². The standard InChI is InChI=1S/C15H24N4O2/c1-4-12-13(5-2)17-18-15(16-12)19-9-7-11(8-10-19)14(20)21-6-3/h11H,4-10H2,1-3H3. The molecule has 1 aromatic rings. The molecule has 6 nitrogen and oxygen atoms in total. The fraction of sp³-hybridized carbons (Fsp3) is 0.733. The van der Waals surface area contributed by atoms with E-state index < -0.39 is 0 Å². The summed E-state index contributed by atoms with van der Waals surface area (Å²) in [5.41, 5.74) is 2.00. The van der Waals surface area contributed by atoms with E-state index in [0.29, 0.717) is 12.6 Å². The summed E-state index contributed by atoms with van der Waals surface area (Å²) in [5.74, 6) is 0.618. The third-order valence-electron chi connectivity index (χ3n) is 3.90. The minimum Gasteiger partial charge on any atom is -0.466 e. The molecule has 0 aliphatic carbocycles. The Hall–Kier alpha value is -1.72. The van der Waals surface area contributed by atoms with Gasteiger partial charge in [0.1, 0.15) is 0 Å². The lowest BCUT2D eigenvalue weighted by molar-refractivity contribution is -0.148. The molecule has 1 aromatic heterocycles. The van der Waals surface area contributed by atoms with Crippen LogP contribution in [0.3, 0.4) is 0 Å². The molecule has 0 spiro atoms. The van der Waals surface area contributed by atoms with E-state index in [4.69, 9.17) is 4.74 Å². The fourth-order valence-electron chi connectivity index (χ4n) is 2.64. The van der Waals surface area contributed by atoms with Crippen molar-refractivity contribution in [1.29, 1.82) is 0 Å². The molecule has 0 saturated carbocycles. The molecule has 0 amide bonds. The number of ether oxygens (including phenoxy) is 1. The van der Waals surface area contributed by atoms with E-state index in [-0.39, 0.29) is 11.9 Å². The monoisotopic (exact) mass is 292 g/mol. The zero-order chi connectivity index (χ0) is 15.2. The maximum Gasteiger partial charge on any atom is 0.309 e. The summed E-state index contributed by atoms with van der Waals surface area (Å²) in [4.78, 5) is 18.5. The van der Waals surface area contributed by atoms with Gasteiger partial charge in [-0.05, 0) is 32.6 Å². The van der Waals surface area contributed by atoms with Crippen LogP contribution in [0.25, 0.3) is 0 Å². The number of hydrogen-bond acceptors (Lipinski definition) is 6. The van der Waals surface area contributed by atoms with Crippen molar-refractivity contribution in [3.8, 4) is 0 Å². The van der Waals surface area contributed by atoms with Crippen LogP contribution < -0.4 is 4.90 Å². The van der Waals surface area contributed by atoms with Gasteiger partial charge < -0.3 is 9.64 Å². The molecule has 2 heterocycles. The van der Waals surface area contributed by atoms with Gasteiger partial charge in [0, 0.05) is 13.1 Å². The molecule has 2 rings (SSSR count).